The number of carbonyl (C=O) groups is 1. The Labute approximate surface area is 173 Å². The summed E-state index contributed by atoms with van der Waals surface area (Å²) in [6.45, 7) is 7.30. The van der Waals surface area contributed by atoms with Crippen LogP contribution in [-0.4, -0.2) is 41.0 Å². The van der Waals surface area contributed by atoms with Crippen molar-refractivity contribution in [1.29, 1.82) is 0 Å². The highest BCUT2D eigenvalue weighted by atomic mass is 16.2. The number of likely N-dealkylation sites (tertiary alicyclic amines) is 1. The molecule has 4 nitrogen and oxygen atoms in total. The first-order chi connectivity index (χ1) is 14.0. The zero-order chi connectivity index (χ0) is 20.3. The molecule has 1 aliphatic rings. The summed E-state index contributed by atoms with van der Waals surface area (Å²) in [5.41, 5.74) is 2.79. The first-order valence-electron chi connectivity index (χ1n) is 10.7. The monoisotopic (exact) mass is 389 g/mol. The zero-order valence-electron chi connectivity index (χ0n) is 17.4. The van der Waals surface area contributed by atoms with Crippen LogP contribution in [0.4, 0.5) is 0 Å². The van der Waals surface area contributed by atoms with Crippen LogP contribution in [0.1, 0.15) is 42.7 Å². The van der Waals surface area contributed by atoms with Gasteiger partial charge in [-0.1, -0.05) is 48.5 Å². The summed E-state index contributed by atoms with van der Waals surface area (Å²) in [7, 11) is 0. The first kappa shape index (κ1) is 19.7. The molecule has 152 valence electrons. The van der Waals surface area contributed by atoms with Crippen LogP contribution < -0.4 is 5.32 Å². The van der Waals surface area contributed by atoms with Gasteiger partial charge < -0.3 is 15.2 Å². The Morgan fingerprint density at radius 3 is 2.48 bits per heavy atom. The number of amides is 1. The van der Waals surface area contributed by atoms with E-state index in [2.05, 4.69) is 59.4 Å². The average molecular weight is 390 g/mol. The molecular formula is C25H31N3O. The Balaban J connectivity index is 1.29. The van der Waals surface area contributed by atoms with Gasteiger partial charge >= 0.3 is 0 Å². The van der Waals surface area contributed by atoms with Gasteiger partial charge in [-0.2, -0.15) is 0 Å². The Bertz CT molecular complexity index is 919. The number of fused-ring (bicyclic) bond motifs is 1. The third-order valence-corrected chi connectivity index (χ3v) is 5.92. The number of nitrogens with zero attached hydrogens (tertiary/aromatic N) is 1. The van der Waals surface area contributed by atoms with Crippen molar-refractivity contribution in [2.45, 2.75) is 38.6 Å². The van der Waals surface area contributed by atoms with Gasteiger partial charge in [0.25, 0.3) is 5.91 Å². The smallest absolute Gasteiger partial charge is 0.268 e. The van der Waals surface area contributed by atoms with E-state index in [-0.39, 0.29) is 11.4 Å². The van der Waals surface area contributed by atoms with Crippen molar-refractivity contribution >= 4 is 16.8 Å². The number of piperidine rings is 1. The maximum Gasteiger partial charge on any atom is 0.268 e. The minimum absolute atomic E-state index is 0.0369. The fourth-order valence-corrected chi connectivity index (χ4v) is 4.47. The maximum absolute atomic E-state index is 12.8. The highest BCUT2D eigenvalue weighted by Gasteiger charge is 2.27. The van der Waals surface area contributed by atoms with Crippen LogP contribution in [0.25, 0.3) is 10.9 Å². The number of benzene rings is 2. The van der Waals surface area contributed by atoms with E-state index in [0.717, 1.165) is 36.5 Å². The molecule has 2 N–H and O–H groups in total. The fourth-order valence-electron chi connectivity index (χ4n) is 4.47. The number of H-pyrrole nitrogens is 1. The summed E-state index contributed by atoms with van der Waals surface area (Å²) in [5.74, 6) is 0.725. The predicted molar refractivity (Wildman–Crippen MR) is 119 cm³/mol. The number of aromatic amines is 1. The Kier molecular flexibility index (Phi) is 5.72. The number of rotatable bonds is 6. The molecule has 1 saturated heterocycles. The lowest BCUT2D eigenvalue weighted by Gasteiger charge is -2.37. The second-order valence-electron chi connectivity index (χ2n) is 9.02. The summed E-state index contributed by atoms with van der Waals surface area (Å²) < 4.78 is 0. The van der Waals surface area contributed by atoms with Crippen LogP contribution in [0.5, 0.6) is 0 Å². The van der Waals surface area contributed by atoms with Crippen molar-refractivity contribution in [1.82, 2.24) is 15.2 Å². The lowest BCUT2D eigenvalue weighted by molar-refractivity contribution is 0.0860. The van der Waals surface area contributed by atoms with E-state index >= 15 is 0 Å². The van der Waals surface area contributed by atoms with Gasteiger partial charge in [-0.3, -0.25) is 4.79 Å². The van der Waals surface area contributed by atoms with Gasteiger partial charge in [0.2, 0.25) is 0 Å². The molecule has 0 aliphatic carbocycles. The van der Waals surface area contributed by atoms with Gasteiger partial charge in [-0.15, -0.1) is 0 Å². The number of carbonyl (C=O) groups excluding carboxylic acids is 1. The molecule has 2 heterocycles. The van der Waals surface area contributed by atoms with E-state index in [1.54, 1.807) is 0 Å². The SMILES string of the molecule is CC(C)(CN1CCC(Cc2ccccc2)CC1)NC(=O)c1cc2ccccc2[nH]1. The highest BCUT2D eigenvalue weighted by Crippen LogP contribution is 2.23. The molecule has 1 amide bonds. The number of aromatic nitrogens is 1. The Hall–Kier alpha value is -2.59. The van der Waals surface area contributed by atoms with Crippen molar-refractivity contribution in [2.24, 2.45) is 5.92 Å². The third kappa shape index (κ3) is 5.07. The minimum atomic E-state index is -0.277. The summed E-state index contributed by atoms with van der Waals surface area (Å²) in [5, 5.41) is 4.29. The summed E-state index contributed by atoms with van der Waals surface area (Å²) in [6.07, 6.45) is 3.62. The molecule has 4 heteroatoms. The molecule has 4 rings (SSSR count). The molecular weight excluding hydrogens is 358 g/mol. The first-order valence-corrected chi connectivity index (χ1v) is 10.7. The maximum atomic E-state index is 12.8. The fraction of sp³-hybridized carbons (Fsp3) is 0.400. The quantitative estimate of drug-likeness (QED) is 0.646. The van der Waals surface area contributed by atoms with Crippen LogP contribution in [0.15, 0.2) is 60.7 Å². The van der Waals surface area contributed by atoms with Crippen molar-refractivity contribution in [2.75, 3.05) is 19.6 Å². The lowest BCUT2D eigenvalue weighted by atomic mass is 9.89. The van der Waals surface area contributed by atoms with Gasteiger partial charge in [0, 0.05) is 23.0 Å². The van der Waals surface area contributed by atoms with Gasteiger partial charge in [-0.05, 0) is 69.8 Å². The van der Waals surface area contributed by atoms with E-state index in [4.69, 9.17) is 0 Å². The van der Waals surface area contributed by atoms with Gasteiger partial charge in [0.15, 0.2) is 0 Å². The second kappa shape index (κ2) is 8.42. The van der Waals surface area contributed by atoms with Crippen molar-refractivity contribution < 1.29 is 4.79 Å². The van der Waals surface area contributed by atoms with Crippen molar-refractivity contribution in [3.8, 4) is 0 Å². The molecule has 0 radical (unpaired) electrons. The number of hydrogen-bond acceptors (Lipinski definition) is 2. The Morgan fingerprint density at radius 2 is 1.76 bits per heavy atom. The molecule has 0 unspecified atom stereocenters. The van der Waals surface area contributed by atoms with E-state index in [1.165, 1.54) is 24.8 Å². The largest absolute Gasteiger partial charge is 0.351 e. The standard InChI is InChI=1S/C25H31N3O/c1-25(2,27-24(29)23-17-21-10-6-7-11-22(21)26-23)18-28-14-12-20(13-15-28)16-19-8-4-3-5-9-19/h3-11,17,20,26H,12-16,18H2,1-2H3,(H,27,29). The molecule has 29 heavy (non-hydrogen) atoms. The molecule has 0 saturated carbocycles. The average Bonchev–Trinajstić information content (AvgIpc) is 3.14. The Morgan fingerprint density at radius 1 is 1.07 bits per heavy atom. The molecule has 1 aliphatic heterocycles. The zero-order valence-corrected chi connectivity index (χ0v) is 17.4. The number of nitrogens with one attached hydrogen (secondary N) is 2. The highest BCUT2D eigenvalue weighted by molar-refractivity contribution is 5.98. The topological polar surface area (TPSA) is 48.1 Å². The summed E-state index contributed by atoms with van der Waals surface area (Å²) in [4.78, 5) is 18.5. The van der Waals surface area contributed by atoms with Crippen LogP contribution >= 0.6 is 0 Å². The van der Waals surface area contributed by atoms with Crippen LogP contribution in [-0.2, 0) is 6.42 Å². The molecule has 0 spiro atoms. The van der Waals surface area contributed by atoms with Crippen LogP contribution in [0.2, 0.25) is 0 Å². The van der Waals surface area contributed by atoms with Crippen LogP contribution in [0, 0.1) is 5.92 Å². The summed E-state index contributed by atoms with van der Waals surface area (Å²) >= 11 is 0. The van der Waals surface area contributed by atoms with E-state index in [1.807, 2.05) is 30.3 Å². The van der Waals surface area contributed by atoms with Gasteiger partial charge in [-0.25, -0.2) is 0 Å². The summed E-state index contributed by atoms with van der Waals surface area (Å²) in [6, 6.07) is 20.7. The van der Waals surface area contributed by atoms with E-state index < -0.39 is 0 Å². The molecule has 3 aromatic rings. The third-order valence-electron chi connectivity index (χ3n) is 5.92. The van der Waals surface area contributed by atoms with E-state index in [0.29, 0.717) is 5.69 Å². The van der Waals surface area contributed by atoms with Gasteiger partial charge in [0.05, 0.1) is 0 Å². The molecule has 2 aromatic carbocycles. The van der Waals surface area contributed by atoms with Gasteiger partial charge in [0.1, 0.15) is 5.69 Å². The molecule has 1 fully saturated rings. The number of para-hydroxylation sites is 1. The van der Waals surface area contributed by atoms with Crippen LogP contribution in [0.3, 0.4) is 0 Å². The second-order valence-corrected chi connectivity index (χ2v) is 9.02. The predicted octanol–water partition coefficient (Wildman–Crippen LogP) is 4.63. The molecule has 0 atom stereocenters. The minimum Gasteiger partial charge on any atom is -0.351 e. The van der Waals surface area contributed by atoms with Crippen molar-refractivity contribution in [3.05, 3.63) is 71.9 Å². The lowest BCUT2D eigenvalue weighted by Crippen LogP contribution is -2.53. The normalized spacial score (nSPS) is 16.2. The number of hydrogen-bond donors (Lipinski definition) is 2. The van der Waals surface area contributed by atoms with E-state index in [9.17, 15) is 4.79 Å². The molecule has 0 bridgehead atoms. The molecule has 1 aromatic heterocycles. The van der Waals surface area contributed by atoms with Crippen molar-refractivity contribution in [3.63, 3.8) is 0 Å².